The molecule has 0 unspecified atom stereocenters. The molecule has 2 rings (SSSR count). The minimum Gasteiger partial charge on any atom is -0.356 e. The Hall–Kier alpha value is -1.56. The van der Waals surface area contributed by atoms with Gasteiger partial charge in [0.2, 0.25) is 5.91 Å². The summed E-state index contributed by atoms with van der Waals surface area (Å²) in [5, 5.41) is 8.91. The lowest BCUT2D eigenvalue weighted by molar-refractivity contribution is -0.127. The Balaban J connectivity index is 1.85. The number of aliphatic imine (C=N–C) groups is 1. The van der Waals surface area contributed by atoms with Crippen molar-refractivity contribution in [3.63, 3.8) is 0 Å². The number of amides is 1. The summed E-state index contributed by atoms with van der Waals surface area (Å²) in [5.74, 6) is 0.782. The third-order valence-electron chi connectivity index (χ3n) is 3.81. The van der Waals surface area contributed by atoms with Crippen molar-refractivity contribution in [1.82, 2.24) is 15.5 Å². The van der Waals surface area contributed by atoms with E-state index < -0.39 is 0 Å². The van der Waals surface area contributed by atoms with Crippen LogP contribution in [0.2, 0.25) is 0 Å². The standard InChI is InChI=1S/C16H26N4OS/c1-20(2)15(21)12-18-16(19-13-6-3-4-7-13)17-10-9-14-8-5-11-22-14/h5,8,11,13H,3-4,6-7,9-10,12H2,1-2H3,(H2,17,18,19). The van der Waals surface area contributed by atoms with Crippen LogP contribution < -0.4 is 10.6 Å². The van der Waals surface area contributed by atoms with Crippen molar-refractivity contribution >= 4 is 23.2 Å². The lowest BCUT2D eigenvalue weighted by atomic mass is 10.2. The van der Waals surface area contributed by atoms with Crippen LogP contribution in [0.25, 0.3) is 0 Å². The number of thiophene rings is 1. The first-order chi connectivity index (χ1) is 10.6. The van der Waals surface area contributed by atoms with E-state index in [2.05, 4.69) is 33.1 Å². The average Bonchev–Trinajstić information content (AvgIpc) is 3.17. The molecule has 1 aliphatic carbocycles. The molecule has 0 atom stereocenters. The van der Waals surface area contributed by atoms with E-state index >= 15 is 0 Å². The number of hydrogen-bond acceptors (Lipinski definition) is 3. The van der Waals surface area contributed by atoms with Crippen LogP contribution in [0.1, 0.15) is 30.6 Å². The Labute approximate surface area is 136 Å². The fraction of sp³-hybridized carbons (Fsp3) is 0.625. The minimum atomic E-state index is 0.0192. The van der Waals surface area contributed by atoms with Crippen LogP contribution in [0.3, 0.4) is 0 Å². The van der Waals surface area contributed by atoms with Crippen LogP contribution >= 0.6 is 11.3 Å². The molecule has 0 aliphatic heterocycles. The van der Waals surface area contributed by atoms with E-state index in [0.717, 1.165) is 18.9 Å². The molecule has 2 N–H and O–H groups in total. The Morgan fingerprint density at radius 1 is 1.41 bits per heavy atom. The van der Waals surface area contributed by atoms with E-state index in [1.54, 1.807) is 30.3 Å². The molecule has 1 aliphatic rings. The van der Waals surface area contributed by atoms with Gasteiger partial charge in [0.25, 0.3) is 0 Å². The molecule has 1 heterocycles. The number of carbonyl (C=O) groups is 1. The number of likely N-dealkylation sites (N-methyl/N-ethyl adjacent to an activating group) is 1. The van der Waals surface area contributed by atoms with Gasteiger partial charge in [-0.25, -0.2) is 4.99 Å². The molecule has 0 radical (unpaired) electrons. The third-order valence-corrected chi connectivity index (χ3v) is 4.75. The first-order valence-corrected chi connectivity index (χ1v) is 8.80. The normalized spacial score (nSPS) is 15.8. The van der Waals surface area contributed by atoms with Crippen molar-refractivity contribution in [1.29, 1.82) is 0 Å². The fourth-order valence-corrected chi connectivity index (χ4v) is 3.17. The first-order valence-electron chi connectivity index (χ1n) is 7.92. The molecule has 22 heavy (non-hydrogen) atoms. The maximum atomic E-state index is 11.7. The Morgan fingerprint density at radius 3 is 2.82 bits per heavy atom. The molecule has 1 aromatic rings. The Bertz CT molecular complexity index is 478. The average molecular weight is 322 g/mol. The van der Waals surface area contributed by atoms with Crippen molar-refractivity contribution in [2.75, 3.05) is 27.2 Å². The lowest BCUT2D eigenvalue weighted by Gasteiger charge is -2.17. The lowest BCUT2D eigenvalue weighted by Crippen LogP contribution is -2.43. The number of guanidine groups is 1. The molecule has 0 aromatic carbocycles. The van der Waals surface area contributed by atoms with Crippen molar-refractivity contribution in [2.24, 2.45) is 4.99 Å². The zero-order chi connectivity index (χ0) is 15.8. The van der Waals surface area contributed by atoms with Gasteiger partial charge in [0.05, 0.1) is 0 Å². The van der Waals surface area contributed by atoms with Gasteiger partial charge in [0.15, 0.2) is 5.96 Å². The second kappa shape index (κ2) is 8.78. The highest BCUT2D eigenvalue weighted by Gasteiger charge is 2.16. The van der Waals surface area contributed by atoms with Crippen LogP contribution in [0, 0.1) is 0 Å². The second-order valence-corrected chi connectivity index (χ2v) is 6.87. The summed E-state index contributed by atoms with van der Waals surface area (Å²) in [4.78, 5) is 19.1. The van der Waals surface area contributed by atoms with Crippen LogP contribution in [0.15, 0.2) is 22.5 Å². The van der Waals surface area contributed by atoms with Gasteiger partial charge in [0, 0.05) is 31.6 Å². The summed E-state index contributed by atoms with van der Waals surface area (Å²) in [7, 11) is 3.51. The van der Waals surface area contributed by atoms with Crippen LogP contribution in [-0.2, 0) is 11.2 Å². The molecular weight excluding hydrogens is 296 g/mol. The smallest absolute Gasteiger partial charge is 0.243 e. The predicted octanol–water partition coefficient (Wildman–Crippen LogP) is 1.86. The second-order valence-electron chi connectivity index (χ2n) is 5.83. The molecule has 122 valence electrons. The summed E-state index contributed by atoms with van der Waals surface area (Å²) < 4.78 is 0. The largest absolute Gasteiger partial charge is 0.356 e. The molecule has 1 saturated carbocycles. The molecule has 0 saturated heterocycles. The number of nitrogens with zero attached hydrogens (tertiary/aromatic N) is 2. The summed E-state index contributed by atoms with van der Waals surface area (Å²) in [6, 6.07) is 4.70. The van der Waals surface area contributed by atoms with Crippen molar-refractivity contribution in [3.8, 4) is 0 Å². The zero-order valence-electron chi connectivity index (χ0n) is 13.5. The van der Waals surface area contributed by atoms with Gasteiger partial charge in [-0.05, 0) is 30.7 Å². The van der Waals surface area contributed by atoms with Gasteiger partial charge in [-0.1, -0.05) is 18.9 Å². The van der Waals surface area contributed by atoms with Gasteiger partial charge in [0.1, 0.15) is 6.54 Å². The van der Waals surface area contributed by atoms with Crippen molar-refractivity contribution in [2.45, 2.75) is 38.1 Å². The van der Waals surface area contributed by atoms with Gasteiger partial charge in [-0.15, -0.1) is 11.3 Å². The monoisotopic (exact) mass is 322 g/mol. The molecule has 0 bridgehead atoms. The zero-order valence-corrected chi connectivity index (χ0v) is 14.3. The fourth-order valence-electron chi connectivity index (χ4n) is 2.46. The van der Waals surface area contributed by atoms with Gasteiger partial charge in [-0.3, -0.25) is 4.79 Å². The molecule has 0 spiro atoms. The summed E-state index contributed by atoms with van der Waals surface area (Å²) in [6.07, 6.45) is 5.90. The Kier molecular flexibility index (Phi) is 6.71. The van der Waals surface area contributed by atoms with Crippen LogP contribution in [-0.4, -0.2) is 50.0 Å². The molecule has 5 nitrogen and oxygen atoms in total. The predicted molar refractivity (Wildman–Crippen MR) is 92.4 cm³/mol. The summed E-state index contributed by atoms with van der Waals surface area (Å²) in [5.41, 5.74) is 0. The van der Waals surface area contributed by atoms with E-state index in [1.165, 1.54) is 30.6 Å². The first kappa shape index (κ1) is 16.8. The minimum absolute atomic E-state index is 0.0192. The Morgan fingerprint density at radius 2 is 2.18 bits per heavy atom. The van der Waals surface area contributed by atoms with Crippen LogP contribution in [0.4, 0.5) is 0 Å². The van der Waals surface area contributed by atoms with Crippen LogP contribution in [0.5, 0.6) is 0 Å². The van der Waals surface area contributed by atoms with Gasteiger partial charge < -0.3 is 15.5 Å². The number of rotatable bonds is 6. The van der Waals surface area contributed by atoms with E-state index in [4.69, 9.17) is 0 Å². The maximum absolute atomic E-state index is 11.7. The van der Waals surface area contributed by atoms with Gasteiger partial charge >= 0.3 is 0 Å². The number of hydrogen-bond donors (Lipinski definition) is 2. The molecule has 1 fully saturated rings. The number of nitrogens with one attached hydrogen (secondary N) is 2. The topological polar surface area (TPSA) is 56.7 Å². The molecular formula is C16H26N4OS. The van der Waals surface area contributed by atoms with E-state index in [1.807, 2.05) is 0 Å². The molecule has 1 amide bonds. The quantitative estimate of drug-likeness (QED) is 0.621. The van der Waals surface area contributed by atoms with E-state index in [0.29, 0.717) is 6.04 Å². The van der Waals surface area contributed by atoms with Gasteiger partial charge in [-0.2, -0.15) is 0 Å². The highest BCUT2D eigenvalue weighted by Crippen LogP contribution is 2.17. The SMILES string of the molecule is CN(C)C(=O)CN=C(NCCc1cccs1)NC1CCCC1. The molecule has 1 aromatic heterocycles. The van der Waals surface area contributed by atoms with Crippen molar-refractivity contribution in [3.05, 3.63) is 22.4 Å². The summed E-state index contributed by atoms with van der Waals surface area (Å²) >= 11 is 1.77. The highest BCUT2D eigenvalue weighted by molar-refractivity contribution is 7.09. The third kappa shape index (κ3) is 5.67. The van der Waals surface area contributed by atoms with E-state index in [-0.39, 0.29) is 12.5 Å². The summed E-state index contributed by atoms with van der Waals surface area (Å²) in [6.45, 7) is 1.02. The number of carbonyl (C=O) groups excluding carboxylic acids is 1. The highest BCUT2D eigenvalue weighted by atomic mass is 32.1. The van der Waals surface area contributed by atoms with E-state index in [9.17, 15) is 4.79 Å². The maximum Gasteiger partial charge on any atom is 0.243 e. The molecule has 6 heteroatoms. The van der Waals surface area contributed by atoms with Crippen molar-refractivity contribution < 1.29 is 4.79 Å².